The zero-order chi connectivity index (χ0) is 21.7. The first kappa shape index (κ1) is 19.8. The molecule has 1 atom stereocenters. The first-order chi connectivity index (χ1) is 15.7. The third-order valence-electron chi connectivity index (χ3n) is 7.34. The molecule has 6 heteroatoms. The third-order valence-corrected chi connectivity index (χ3v) is 7.34. The van der Waals surface area contributed by atoms with Crippen LogP contribution in [0.2, 0.25) is 0 Å². The van der Waals surface area contributed by atoms with Crippen molar-refractivity contribution in [2.75, 3.05) is 24.5 Å². The summed E-state index contributed by atoms with van der Waals surface area (Å²) in [6.07, 6.45) is 10.2. The van der Waals surface area contributed by atoms with Crippen LogP contribution in [0.15, 0.2) is 36.5 Å². The zero-order valence-corrected chi connectivity index (χ0v) is 18.8. The molecule has 3 aliphatic rings. The van der Waals surface area contributed by atoms with Crippen LogP contribution in [0.1, 0.15) is 84.1 Å². The van der Waals surface area contributed by atoms with Gasteiger partial charge < -0.3 is 9.80 Å². The van der Waals surface area contributed by atoms with Crippen LogP contribution in [-0.2, 0) is 0 Å². The van der Waals surface area contributed by atoms with Gasteiger partial charge in [0.05, 0.1) is 11.7 Å². The topological polar surface area (TPSA) is 53.7 Å². The molecule has 0 bridgehead atoms. The van der Waals surface area contributed by atoms with Crippen molar-refractivity contribution in [2.45, 2.75) is 63.8 Å². The molecule has 3 fully saturated rings. The third kappa shape index (κ3) is 3.55. The summed E-state index contributed by atoms with van der Waals surface area (Å²) in [5.41, 5.74) is 5.14. The van der Waals surface area contributed by atoms with Crippen LogP contribution in [-0.4, -0.2) is 45.0 Å². The van der Waals surface area contributed by atoms with E-state index in [0.29, 0.717) is 5.92 Å². The Kier molecular flexibility index (Phi) is 4.89. The van der Waals surface area contributed by atoms with E-state index in [1.807, 2.05) is 21.5 Å². The second-order valence-corrected chi connectivity index (χ2v) is 9.72. The molecule has 6 rings (SSSR count). The molecule has 4 heterocycles. The number of anilines is 1. The van der Waals surface area contributed by atoms with Crippen LogP contribution in [0.5, 0.6) is 0 Å². The van der Waals surface area contributed by atoms with Crippen LogP contribution >= 0.6 is 0 Å². The number of aromatic nitrogens is 3. The zero-order valence-electron chi connectivity index (χ0n) is 18.8. The Labute approximate surface area is 189 Å². The molecule has 0 N–H and O–H groups in total. The highest BCUT2D eigenvalue weighted by atomic mass is 16.2. The quantitative estimate of drug-likeness (QED) is 0.593. The standard InChI is InChI=1S/C26H31N5O/c1-18-17-31-24(27-25(18)29-13-4-5-14-29)16-22(28-31)23-6-2-3-15-30(23)26(32)21-11-9-20(10-12-21)19-7-8-19/h9-12,16-17,19,23H,2-8,13-15H2,1H3. The highest BCUT2D eigenvalue weighted by molar-refractivity contribution is 5.94. The number of carbonyl (C=O) groups is 1. The van der Waals surface area contributed by atoms with Crippen LogP contribution < -0.4 is 4.90 Å². The van der Waals surface area contributed by atoms with E-state index in [4.69, 9.17) is 10.1 Å². The summed E-state index contributed by atoms with van der Waals surface area (Å²) >= 11 is 0. The van der Waals surface area contributed by atoms with Gasteiger partial charge in [0, 0.05) is 43.0 Å². The number of hydrogen-bond donors (Lipinski definition) is 0. The van der Waals surface area contributed by atoms with E-state index in [1.165, 1.54) is 31.2 Å². The number of piperidine rings is 1. The lowest BCUT2D eigenvalue weighted by Crippen LogP contribution is -2.38. The average molecular weight is 430 g/mol. The minimum absolute atomic E-state index is 0.0107. The van der Waals surface area contributed by atoms with Gasteiger partial charge in [-0.3, -0.25) is 4.79 Å². The molecule has 1 saturated carbocycles. The molecule has 3 aromatic rings. The molecular weight excluding hydrogens is 398 g/mol. The van der Waals surface area contributed by atoms with Gasteiger partial charge in [0.15, 0.2) is 5.65 Å². The first-order valence-electron chi connectivity index (χ1n) is 12.2. The predicted molar refractivity (Wildman–Crippen MR) is 125 cm³/mol. The SMILES string of the molecule is Cc1cn2nc(C3CCCCN3C(=O)c3ccc(C4CC4)cc3)cc2nc1N1CCCC1. The molecular formula is C26H31N5O. The number of nitrogens with zero attached hydrogens (tertiary/aromatic N) is 5. The number of rotatable bonds is 4. The summed E-state index contributed by atoms with van der Waals surface area (Å²) in [5, 5.41) is 4.88. The van der Waals surface area contributed by atoms with E-state index < -0.39 is 0 Å². The van der Waals surface area contributed by atoms with Gasteiger partial charge in [0.25, 0.3) is 5.91 Å². The Morgan fingerprint density at radius 2 is 1.72 bits per heavy atom. The van der Waals surface area contributed by atoms with Gasteiger partial charge in [0.1, 0.15) is 5.82 Å². The van der Waals surface area contributed by atoms with Crippen LogP contribution in [0.25, 0.3) is 5.65 Å². The van der Waals surface area contributed by atoms with Crippen molar-refractivity contribution in [3.63, 3.8) is 0 Å². The number of amides is 1. The van der Waals surface area contributed by atoms with Crippen LogP contribution in [0, 0.1) is 6.92 Å². The fourth-order valence-electron chi connectivity index (χ4n) is 5.39. The molecule has 0 spiro atoms. The van der Waals surface area contributed by atoms with Gasteiger partial charge in [-0.1, -0.05) is 12.1 Å². The maximum absolute atomic E-state index is 13.4. The van der Waals surface area contributed by atoms with Gasteiger partial charge >= 0.3 is 0 Å². The summed E-state index contributed by atoms with van der Waals surface area (Å²) < 4.78 is 1.89. The second-order valence-electron chi connectivity index (χ2n) is 9.72. The maximum atomic E-state index is 13.4. The normalized spacial score (nSPS) is 21.5. The lowest BCUT2D eigenvalue weighted by molar-refractivity contribution is 0.0605. The van der Waals surface area contributed by atoms with E-state index in [9.17, 15) is 4.79 Å². The summed E-state index contributed by atoms with van der Waals surface area (Å²) in [7, 11) is 0. The van der Waals surface area contributed by atoms with E-state index in [-0.39, 0.29) is 11.9 Å². The molecule has 6 nitrogen and oxygen atoms in total. The van der Waals surface area contributed by atoms with Crippen molar-refractivity contribution in [2.24, 2.45) is 0 Å². The Morgan fingerprint density at radius 1 is 0.969 bits per heavy atom. The number of likely N-dealkylation sites (tertiary alicyclic amines) is 1. The lowest BCUT2D eigenvalue weighted by Gasteiger charge is -2.34. The molecule has 1 aliphatic carbocycles. The molecule has 2 saturated heterocycles. The van der Waals surface area contributed by atoms with Gasteiger partial charge in [-0.15, -0.1) is 0 Å². The Morgan fingerprint density at radius 3 is 2.47 bits per heavy atom. The molecule has 1 aromatic carbocycles. The largest absolute Gasteiger partial charge is 0.356 e. The van der Waals surface area contributed by atoms with E-state index in [2.05, 4.69) is 36.2 Å². The molecule has 2 aliphatic heterocycles. The predicted octanol–water partition coefficient (Wildman–Crippen LogP) is 4.88. The van der Waals surface area contributed by atoms with E-state index in [0.717, 1.165) is 67.2 Å². The molecule has 166 valence electrons. The number of hydrogen-bond acceptors (Lipinski definition) is 4. The molecule has 32 heavy (non-hydrogen) atoms. The van der Waals surface area contributed by atoms with Crippen molar-refractivity contribution < 1.29 is 4.79 Å². The Bertz CT molecular complexity index is 1140. The van der Waals surface area contributed by atoms with Gasteiger partial charge in [-0.05, 0) is 75.5 Å². The molecule has 1 unspecified atom stereocenters. The average Bonchev–Trinajstić information content (AvgIpc) is 3.37. The van der Waals surface area contributed by atoms with E-state index in [1.54, 1.807) is 0 Å². The molecule has 0 radical (unpaired) electrons. The van der Waals surface area contributed by atoms with Crippen molar-refractivity contribution in [1.82, 2.24) is 19.5 Å². The minimum Gasteiger partial charge on any atom is -0.356 e. The minimum atomic E-state index is 0.0107. The van der Waals surface area contributed by atoms with Crippen molar-refractivity contribution in [3.05, 3.63) is 58.9 Å². The van der Waals surface area contributed by atoms with Crippen molar-refractivity contribution in [1.29, 1.82) is 0 Å². The van der Waals surface area contributed by atoms with E-state index >= 15 is 0 Å². The second kappa shape index (κ2) is 7.91. The molecule has 1 amide bonds. The summed E-state index contributed by atoms with van der Waals surface area (Å²) in [4.78, 5) is 22.8. The fourth-order valence-corrected chi connectivity index (χ4v) is 5.39. The summed E-state index contributed by atoms with van der Waals surface area (Å²) in [6.45, 7) is 5.06. The van der Waals surface area contributed by atoms with Gasteiger partial charge in [-0.2, -0.15) is 5.10 Å². The summed E-state index contributed by atoms with van der Waals surface area (Å²) in [6, 6.07) is 10.4. The maximum Gasteiger partial charge on any atom is 0.254 e. The fraction of sp³-hybridized carbons (Fsp3) is 0.500. The van der Waals surface area contributed by atoms with Crippen LogP contribution in [0.4, 0.5) is 5.82 Å². The van der Waals surface area contributed by atoms with Crippen molar-refractivity contribution >= 4 is 17.4 Å². The Balaban J connectivity index is 1.29. The van der Waals surface area contributed by atoms with Gasteiger partial charge in [0.2, 0.25) is 0 Å². The smallest absolute Gasteiger partial charge is 0.254 e. The number of fused-ring (bicyclic) bond motifs is 1. The Hall–Kier alpha value is -2.89. The monoisotopic (exact) mass is 429 g/mol. The van der Waals surface area contributed by atoms with Crippen molar-refractivity contribution in [3.8, 4) is 0 Å². The van der Waals surface area contributed by atoms with Crippen LogP contribution in [0.3, 0.4) is 0 Å². The number of aryl methyl sites for hydroxylation is 1. The molecule has 2 aromatic heterocycles. The summed E-state index contributed by atoms with van der Waals surface area (Å²) in [5.74, 6) is 1.91. The first-order valence-corrected chi connectivity index (χ1v) is 12.2. The number of benzene rings is 1. The number of carbonyl (C=O) groups excluding carboxylic acids is 1. The van der Waals surface area contributed by atoms with Gasteiger partial charge in [-0.25, -0.2) is 9.50 Å². The highest BCUT2D eigenvalue weighted by Crippen LogP contribution is 2.40. The highest BCUT2D eigenvalue weighted by Gasteiger charge is 2.31. The lowest BCUT2D eigenvalue weighted by atomic mass is 9.98.